The van der Waals surface area contributed by atoms with E-state index < -0.39 is 0 Å². The largest absolute Gasteiger partial charge is 0.508 e. The van der Waals surface area contributed by atoms with Crippen LogP contribution in [0.3, 0.4) is 0 Å². The summed E-state index contributed by atoms with van der Waals surface area (Å²) in [5.74, 6) is 0.921. The number of rotatable bonds is 2. The van der Waals surface area contributed by atoms with Crippen LogP contribution in [0.15, 0.2) is 47.0 Å². The zero-order valence-electron chi connectivity index (χ0n) is 10.2. The number of aromatic nitrogens is 2. The Morgan fingerprint density at radius 3 is 2.55 bits per heavy atom. The fourth-order valence-electron chi connectivity index (χ4n) is 1.77. The molecule has 2 aromatic carbocycles. The maximum Gasteiger partial charge on any atom is 0.259 e. The third kappa shape index (κ3) is 2.31. The fraction of sp³-hybridized carbons (Fsp3) is 0. The lowest BCUT2D eigenvalue weighted by molar-refractivity contribution is 0.432. The molecule has 0 amide bonds. The maximum atomic E-state index is 9.26. The Kier molecular flexibility index (Phi) is 3.04. The molecule has 3 N–H and O–H groups in total. The highest BCUT2D eigenvalue weighted by molar-refractivity contribution is 6.33. The molecule has 0 atom stereocenters. The molecule has 0 aliphatic carbocycles. The lowest BCUT2D eigenvalue weighted by atomic mass is 10.2. The number of hydrogen-bond donors (Lipinski definition) is 2. The van der Waals surface area contributed by atoms with Crippen LogP contribution in [0.25, 0.3) is 22.8 Å². The van der Waals surface area contributed by atoms with Gasteiger partial charge in [-0.3, -0.25) is 0 Å². The number of nitrogen functional groups attached to an aromatic ring is 1. The first kappa shape index (κ1) is 12.5. The molecular formula is C14H10ClN3O2. The highest BCUT2D eigenvalue weighted by Crippen LogP contribution is 2.30. The molecule has 0 fully saturated rings. The van der Waals surface area contributed by atoms with Gasteiger partial charge in [0.25, 0.3) is 5.89 Å². The minimum Gasteiger partial charge on any atom is -0.508 e. The SMILES string of the molecule is Nc1ccc(-c2nc(-c3ccc(O)cc3)no2)c(Cl)c1. The maximum absolute atomic E-state index is 9.26. The second-order valence-electron chi connectivity index (χ2n) is 4.21. The van der Waals surface area contributed by atoms with Crippen molar-refractivity contribution in [2.45, 2.75) is 0 Å². The number of phenols is 1. The number of nitrogens with zero attached hydrogens (tertiary/aromatic N) is 2. The fourth-order valence-corrected chi connectivity index (χ4v) is 2.04. The molecule has 100 valence electrons. The zero-order valence-corrected chi connectivity index (χ0v) is 11.0. The Bertz CT molecular complexity index is 753. The van der Waals surface area contributed by atoms with Crippen molar-refractivity contribution in [2.24, 2.45) is 0 Å². The van der Waals surface area contributed by atoms with E-state index in [1.807, 2.05) is 0 Å². The zero-order chi connectivity index (χ0) is 14.1. The molecule has 0 unspecified atom stereocenters. The molecule has 0 saturated heterocycles. The van der Waals surface area contributed by atoms with Crippen LogP contribution in [0.1, 0.15) is 0 Å². The van der Waals surface area contributed by atoms with E-state index in [2.05, 4.69) is 10.1 Å². The Morgan fingerprint density at radius 1 is 1.10 bits per heavy atom. The average Bonchev–Trinajstić information content (AvgIpc) is 2.89. The predicted molar refractivity (Wildman–Crippen MR) is 76.3 cm³/mol. The standard InChI is InChI=1S/C14H10ClN3O2/c15-12-7-9(16)3-6-11(12)14-17-13(18-20-14)8-1-4-10(19)5-2-8/h1-7,19H,16H2. The summed E-state index contributed by atoms with van der Waals surface area (Å²) in [5, 5.41) is 13.6. The van der Waals surface area contributed by atoms with Crippen LogP contribution in [-0.2, 0) is 0 Å². The molecule has 0 saturated carbocycles. The molecule has 20 heavy (non-hydrogen) atoms. The van der Waals surface area contributed by atoms with Gasteiger partial charge in [-0.2, -0.15) is 4.98 Å². The summed E-state index contributed by atoms with van der Waals surface area (Å²) in [5.41, 5.74) is 7.57. The number of hydrogen-bond acceptors (Lipinski definition) is 5. The van der Waals surface area contributed by atoms with E-state index in [9.17, 15) is 5.11 Å². The minimum atomic E-state index is 0.180. The number of anilines is 1. The van der Waals surface area contributed by atoms with E-state index >= 15 is 0 Å². The van der Waals surface area contributed by atoms with Gasteiger partial charge < -0.3 is 15.4 Å². The Hall–Kier alpha value is -2.53. The Balaban J connectivity index is 1.99. The third-order valence-electron chi connectivity index (χ3n) is 2.78. The molecule has 0 bridgehead atoms. The molecule has 0 aliphatic rings. The van der Waals surface area contributed by atoms with Crippen molar-refractivity contribution in [2.75, 3.05) is 5.73 Å². The van der Waals surface area contributed by atoms with E-state index in [0.717, 1.165) is 5.56 Å². The quantitative estimate of drug-likeness (QED) is 0.706. The number of benzene rings is 2. The molecule has 3 aromatic rings. The highest BCUT2D eigenvalue weighted by atomic mass is 35.5. The normalized spacial score (nSPS) is 10.7. The molecule has 3 rings (SSSR count). The van der Waals surface area contributed by atoms with Crippen molar-refractivity contribution in [3.8, 4) is 28.6 Å². The van der Waals surface area contributed by atoms with Crippen molar-refractivity contribution in [3.05, 3.63) is 47.5 Å². The van der Waals surface area contributed by atoms with Gasteiger partial charge in [0.2, 0.25) is 5.82 Å². The smallest absolute Gasteiger partial charge is 0.259 e. The number of nitrogens with two attached hydrogens (primary N) is 1. The average molecular weight is 288 g/mol. The Labute approximate surface area is 119 Å². The van der Waals surface area contributed by atoms with Gasteiger partial charge in [-0.15, -0.1) is 0 Å². The first-order valence-corrected chi connectivity index (χ1v) is 6.20. The van der Waals surface area contributed by atoms with Gasteiger partial charge in [0.05, 0.1) is 10.6 Å². The summed E-state index contributed by atoms with van der Waals surface area (Å²) in [7, 11) is 0. The summed E-state index contributed by atoms with van der Waals surface area (Å²) >= 11 is 6.10. The first-order valence-electron chi connectivity index (χ1n) is 5.82. The molecule has 5 nitrogen and oxygen atoms in total. The lowest BCUT2D eigenvalue weighted by Gasteiger charge is -1.99. The van der Waals surface area contributed by atoms with Crippen LogP contribution in [-0.4, -0.2) is 15.2 Å². The van der Waals surface area contributed by atoms with Gasteiger partial charge >= 0.3 is 0 Å². The van der Waals surface area contributed by atoms with Gasteiger partial charge in [0.15, 0.2) is 0 Å². The molecule has 0 spiro atoms. The van der Waals surface area contributed by atoms with E-state index in [1.165, 1.54) is 0 Å². The van der Waals surface area contributed by atoms with Gasteiger partial charge in [0, 0.05) is 11.3 Å². The van der Waals surface area contributed by atoms with Gasteiger partial charge in [-0.25, -0.2) is 0 Å². The summed E-state index contributed by atoms with van der Waals surface area (Å²) in [4.78, 5) is 4.29. The third-order valence-corrected chi connectivity index (χ3v) is 3.09. The summed E-state index contributed by atoms with van der Waals surface area (Å²) in [6.45, 7) is 0. The summed E-state index contributed by atoms with van der Waals surface area (Å²) in [6.07, 6.45) is 0. The van der Waals surface area contributed by atoms with Crippen molar-refractivity contribution < 1.29 is 9.63 Å². The molecule has 0 aliphatic heterocycles. The monoisotopic (exact) mass is 287 g/mol. The van der Waals surface area contributed by atoms with Crippen LogP contribution < -0.4 is 5.73 Å². The van der Waals surface area contributed by atoms with E-state index in [1.54, 1.807) is 42.5 Å². The molecule has 1 aromatic heterocycles. The van der Waals surface area contributed by atoms with E-state index in [0.29, 0.717) is 28.0 Å². The minimum absolute atomic E-state index is 0.180. The molecule has 6 heteroatoms. The van der Waals surface area contributed by atoms with Crippen LogP contribution in [0.5, 0.6) is 5.75 Å². The van der Waals surface area contributed by atoms with Crippen LogP contribution in [0, 0.1) is 0 Å². The topological polar surface area (TPSA) is 85.2 Å². The van der Waals surface area contributed by atoms with Crippen LogP contribution in [0.4, 0.5) is 5.69 Å². The highest BCUT2D eigenvalue weighted by Gasteiger charge is 2.13. The summed E-state index contributed by atoms with van der Waals surface area (Å²) in [6, 6.07) is 11.6. The van der Waals surface area contributed by atoms with E-state index in [-0.39, 0.29) is 5.75 Å². The number of aromatic hydroxyl groups is 1. The van der Waals surface area contributed by atoms with Crippen LogP contribution >= 0.6 is 11.6 Å². The van der Waals surface area contributed by atoms with Gasteiger partial charge in [-0.05, 0) is 42.5 Å². The van der Waals surface area contributed by atoms with Crippen LogP contribution in [0.2, 0.25) is 5.02 Å². The van der Waals surface area contributed by atoms with Crippen molar-refractivity contribution in [3.63, 3.8) is 0 Å². The van der Waals surface area contributed by atoms with Gasteiger partial charge in [-0.1, -0.05) is 16.8 Å². The Morgan fingerprint density at radius 2 is 1.85 bits per heavy atom. The van der Waals surface area contributed by atoms with Crippen molar-refractivity contribution in [1.82, 2.24) is 10.1 Å². The van der Waals surface area contributed by atoms with E-state index in [4.69, 9.17) is 21.9 Å². The lowest BCUT2D eigenvalue weighted by Crippen LogP contribution is -1.86. The molecule has 1 heterocycles. The molecule has 0 radical (unpaired) electrons. The summed E-state index contributed by atoms with van der Waals surface area (Å²) < 4.78 is 5.21. The number of phenolic OH excluding ortho intramolecular Hbond substituents is 1. The second kappa shape index (κ2) is 4.86. The first-order chi connectivity index (χ1) is 9.63. The second-order valence-corrected chi connectivity index (χ2v) is 4.62. The van der Waals surface area contributed by atoms with Crippen molar-refractivity contribution >= 4 is 17.3 Å². The molecular weight excluding hydrogens is 278 g/mol. The van der Waals surface area contributed by atoms with Gasteiger partial charge in [0.1, 0.15) is 5.75 Å². The van der Waals surface area contributed by atoms with Crippen molar-refractivity contribution in [1.29, 1.82) is 0 Å². The predicted octanol–water partition coefficient (Wildman–Crippen LogP) is 3.34. The number of halogens is 1.